The van der Waals surface area contributed by atoms with Crippen molar-refractivity contribution < 1.29 is 9.53 Å². The molecule has 1 amide bonds. The second kappa shape index (κ2) is 8.41. The molecule has 1 aromatic heterocycles. The minimum Gasteiger partial charge on any atom is -0.491 e. The Morgan fingerprint density at radius 2 is 1.83 bits per heavy atom. The largest absolute Gasteiger partial charge is 0.491 e. The maximum atomic E-state index is 12.9. The van der Waals surface area contributed by atoms with Crippen LogP contribution < -0.4 is 9.64 Å². The number of piperazine rings is 1. The maximum Gasteiger partial charge on any atom is 0.253 e. The quantitative estimate of drug-likeness (QED) is 0.617. The number of carbonyl (C=O) groups excluding carboxylic acids is 1. The lowest BCUT2D eigenvalue weighted by Crippen LogP contribution is -2.48. The van der Waals surface area contributed by atoms with Gasteiger partial charge in [0.25, 0.3) is 5.91 Å². The van der Waals surface area contributed by atoms with Crippen molar-refractivity contribution in [1.82, 2.24) is 9.88 Å². The first-order valence-electron chi connectivity index (χ1n) is 10.2. The summed E-state index contributed by atoms with van der Waals surface area (Å²) in [6.07, 6.45) is 1.12. The van der Waals surface area contributed by atoms with Crippen LogP contribution in [0.1, 0.15) is 36.7 Å². The van der Waals surface area contributed by atoms with E-state index >= 15 is 0 Å². The molecule has 0 radical (unpaired) electrons. The molecule has 152 valence electrons. The van der Waals surface area contributed by atoms with E-state index in [0.29, 0.717) is 18.7 Å². The van der Waals surface area contributed by atoms with Crippen LogP contribution in [0.4, 0.5) is 5.13 Å². The van der Waals surface area contributed by atoms with Gasteiger partial charge in [0.1, 0.15) is 5.75 Å². The van der Waals surface area contributed by atoms with Crippen molar-refractivity contribution in [2.45, 2.75) is 33.3 Å². The third-order valence-corrected chi connectivity index (χ3v) is 6.26. The van der Waals surface area contributed by atoms with Gasteiger partial charge in [-0.05, 0) is 56.2 Å². The number of aromatic nitrogens is 1. The Labute approximate surface area is 175 Å². The number of anilines is 1. The number of amides is 1. The SMILES string of the molecule is CCc1cccc2sc(N3CCN(C(=O)c4ccc(OC(C)C)cc4)CC3)nc12. The molecule has 1 aliphatic rings. The number of para-hydroxylation sites is 1. The van der Waals surface area contributed by atoms with E-state index in [-0.39, 0.29) is 12.0 Å². The molecule has 0 atom stereocenters. The number of thiazole rings is 1. The van der Waals surface area contributed by atoms with Gasteiger partial charge >= 0.3 is 0 Å². The maximum absolute atomic E-state index is 12.9. The summed E-state index contributed by atoms with van der Waals surface area (Å²) >= 11 is 1.74. The van der Waals surface area contributed by atoms with E-state index in [2.05, 4.69) is 30.0 Å². The van der Waals surface area contributed by atoms with Gasteiger partial charge in [0.2, 0.25) is 0 Å². The first-order valence-corrected chi connectivity index (χ1v) is 11.1. The summed E-state index contributed by atoms with van der Waals surface area (Å²) in [6.45, 7) is 9.18. The molecule has 0 N–H and O–H groups in total. The molecule has 0 spiro atoms. The number of rotatable bonds is 5. The van der Waals surface area contributed by atoms with Crippen molar-refractivity contribution in [2.75, 3.05) is 31.1 Å². The van der Waals surface area contributed by atoms with Gasteiger partial charge in [-0.15, -0.1) is 0 Å². The molecular formula is C23H27N3O2S. The lowest BCUT2D eigenvalue weighted by molar-refractivity contribution is 0.0746. The predicted molar refractivity (Wildman–Crippen MR) is 119 cm³/mol. The van der Waals surface area contributed by atoms with Crippen LogP contribution in [0.2, 0.25) is 0 Å². The molecule has 0 saturated carbocycles. The summed E-state index contributed by atoms with van der Waals surface area (Å²) < 4.78 is 6.90. The average Bonchev–Trinajstić information content (AvgIpc) is 3.18. The first-order chi connectivity index (χ1) is 14.0. The fraction of sp³-hybridized carbons (Fsp3) is 0.391. The number of hydrogen-bond acceptors (Lipinski definition) is 5. The highest BCUT2D eigenvalue weighted by molar-refractivity contribution is 7.22. The molecule has 1 saturated heterocycles. The van der Waals surface area contributed by atoms with Crippen LogP contribution in [0.15, 0.2) is 42.5 Å². The molecule has 2 aromatic carbocycles. The van der Waals surface area contributed by atoms with Gasteiger partial charge in [0.15, 0.2) is 5.13 Å². The summed E-state index contributed by atoms with van der Waals surface area (Å²) in [6, 6.07) is 13.9. The Morgan fingerprint density at radius 3 is 2.48 bits per heavy atom. The molecule has 2 heterocycles. The summed E-state index contributed by atoms with van der Waals surface area (Å²) in [5.41, 5.74) is 3.13. The summed E-state index contributed by atoms with van der Waals surface area (Å²) in [7, 11) is 0. The predicted octanol–water partition coefficient (Wildman–Crippen LogP) is 4.61. The topological polar surface area (TPSA) is 45.7 Å². The van der Waals surface area contributed by atoms with Crippen LogP contribution in [0.3, 0.4) is 0 Å². The fourth-order valence-electron chi connectivity index (χ4n) is 3.65. The molecule has 3 aromatic rings. The number of benzene rings is 2. The molecule has 0 aliphatic carbocycles. The number of carbonyl (C=O) groups is 1. The molecule has 4 rings (SSSR count). The van der Waals surface area contributed by atoms with Crippen molar-refractivity contribution >= 4 is 32.6 Å². The zero-order valence-electron chi connectivity index (χ0n) is 17.2. The number of aryl methyl sites for hydroxylation is 1. The molecule has 0 unspecified atom stereocenters. The van der Waals surface area contributed by atoms with Gasteiger partial charge in [-0.1, -0.05) is 30.4 Å². The Kier molecular flexibility index (Phi) is 5.72. The van der Waals surface area contributed by atoms with Gasteiger partial charge in [0, 0.05) is 31.7 Å². The van der Waals surface area contributed by atoms with Crippen molar-refractivity contribution in [3.05, 3.63) is 53.6 Å². The average molecular weight is 410 g/mol. The normalized spacial score (nSPS) is 14.6. The van der Waals surface area contributed by atoms with E-state index in [0.717, 1.165) is 35.9 Å². The summed E-state index contributed by atoms with van der Waals surface area (Å²) in [5.74, 6) is 0.877. The monoisotopic (exact) mass is 409 g/mol. The zero-order valence-corrected chi connectivity index (χ0v) is 18.0. The van der Waals surface area contributed by atoms with E-state index < -0.39 is 0 Å². The smallest absolute Gasteiger partial charge is 0.253 e. The van der Waals surface area contributed by atoms with Crippen LogP contribution in [-0.2, 0) is 6.42 Å². The zero-order chi connectivity index (χ0) is 20.4. The molecule has 1 fully saturated rings. The molecule has 29 heavy (non-hydrogen) atoms. The highest BCUT2D eigenvalue weighted by atomic mass is 32.1. The van der Waals surface area contributed by atoms with E-state index in [9.17, 15) is 4.79 Å². The van der Waals surface area contributed by atoms with Gasteiger partial charge in [-0.25, -0.2) is 4.98 Å². The number of hydrogen-bond donors (Lipinski definition) is 0. The third-order valence-electron chi connectivity index (χ3n) is 5.18. The first kappa shape index (κ1) is 19.7. The Morgan fingerprint density at radius 1 is 1.10 bits per heavy atom. The Hall–Kier alpha value is -2.60. The lowest BCUT2D eigenvalue weighted by atomic mass is 10.1. The van der Waals surface area contributed by atoms with Crippen molar-refractivity contribution in [1.29, 1.82) is 0 Å². The summed E-state index contributed by atoms with van der Waals surface area (Å²) in [5, 5.41) is 1.06. The van der Waals surface area contributed by atoms with Crippen LogP contribution in [0.25, 0.3) is 10.2 Å². The number of fused-ring (bicyclic) bond motifs is 1. The van der Waals surface area contributed by atoms with Crippen molar-refractivity contribution in [3.8, 4) is 5.75 Å². The van der Waals surface area contributed by atoms with E-state index in [4.69, 9.17) is 9.72 Å². The fourth-order valence-corrected chi connectivity index (χ4v) is 4.71. The second-order valence-corrected chi connectivity index (χ2v) is 8.59. The lowest BCUT2D eigenvalue weighted by Gasteiger charge is -2.34. The van der Waals surface area contributed by atoms with E-state index in [1.54, 1.807) is 11.3 Å². The van der Waals surface area contributed by atoms with Crippen LogP contribution in [-0.4, -0.2) is 48.1 Å². The van der Waals surface area contributed by atoms with Gasteiger partial charge in [-0.3, -0.25) is 4.79 Å². The molecule has 1 aliphatic heterocycles. The van der Waals surface area contributed by atoms with Gasteiger partial charge < -0.3 is 14.5 Å². The molecule has 5 nitrogen and oxygen atoms in total. The minimum atomic E-state index is 0.0818. The van der Waals surface area contributed by atoms with E-state index in [1.165, 1.54) is 10.3 Å². The summed E-state index contributed by atoms with van der Waals surface area (Å²) in [4.78, 5) is 22.0. The molecule has 0 bridgehead atoms. The molecule has 6 heteroatoms. The third kappa shape index (κ3) is 4.22. The Balaban J connectivity index is 1.41. The standard InChI is InChI=1S/C23H27N3O2S/c1-4-17-6-5-7-20-21(17)24-23(29-20)26-14-12-25(13-15-26)22(27)18-8-10-19(11-9-18)28-16(2)3/h5-11,16H,4,12-15H2,1-3H3. The minimum absolute atomic E-state index is 0.0818. The molecular weight excluding hydrogens is 382 g/mol. The van der Waals surface area contributed by atoms with Gasteiger partial charge in [0.05, 0.1) is 16.3 Å². The highest BCUT2D eigenvalue weighted by Gasteiger charge is 2.24. The second-order valence-electron chi connectivity index (χ2n) is 7.58. The van der Waals surface area contributed by atoms with Gasteiger partial charge in [-0.2, -0.15) is 0 Å². The number of nitrogens with zero attached hydrogens (tertiary/aromatic N) is 3. The van der Waals surface area contributed by atoms with Crippen molar-refractivity contribution in [2.24, 2.45) is 0 Å². The Bertz CT molecular complexity index is 989. The van der Waals surface area contributed by atoms with Crippen LogP contribution >= 0.6 is 11.3 Å². The number of ether oxygens (including phenoxy) is 1. The van der Waals surface area contributed by atoms with E-state index in [1.807, 2.05) is 43.0 Å². The highest BCUT2D eigenvalue weighted by Crippen LogP contribution is 2.31. The van der Waals surface area contributed by atoms with Crippen LogP contribution in [0, 0.1) is 0 Å². The van der Waals surface area contributed by atoms with Crippen LogP contribution in [0.5, 0.6) is 5.75 Å². The van der Waals surface area contributed by atoms with Crippen molar-refractivity contribution in [3.63, 3.8) is 0 Å².